The van der Waals surface area contributed by atoms with Gasteiger partial charge in [0.15, 0.2) is 0 Å². The number of nitrogens with zero attached hydrogens (tertiary/aromatic N) is 1. The molecular formula is C12H19NO3S. The van der Waals surface area contributed by atoms with Crippen molar-refractivity contribution in [3.8, 4) is 0 Å². The summed E-state index contributed by atoms with van der Waals surface area (Å²) in [6.45, 7) is 2.06. The fraction of sp³-hybridized carbons (Fsp3) is 0.500. The first-order valence-electron chi connectivity index (χ1n) is 5.72. The van der Waals surface area contributed by atoms with Gasteiger partial charge in [-0.3, -0.25) is 0 Å². The van der Waals surface area contributed by atoms with Crippen LogP contribution in [0.25, 0.3) is 0 Å². The van der Waals surface area contributed by atoms with Crippen LogP contribution in [0.1, 0.15) is 12.5 Å². The normalized spacial score (nSPS) is 11.9. The lowest BCUT2D eigenvalue weighted by Gasteiger charge is -2.20. The van der Waals surface area contributed by atoms with Crippen molar-refractivity contribution in [1.29, 1.82) is 0 Å². The van der Waals surface area contributed by atoms with Gasteiger partial charge in [-0.15, -0.1) is 0 Å². The molecule has 0 atom stereocenters. The van der Waals surface area contributed by atoms with Crippen molar-refractivity contribution in [3.05, 3.63) is 35.9 Å². The van der Waals surface area contributed by atoms with Gasteiger partial charge in [-0.05, 0) is 18.9 Å². The van der Waals surface area contributed by atoms with E-state index in [1.165, 1.54) is 4.31 Å². The molecule has 0 aliphatic rings. The zero-order valence-corrected chi connectivity index (χ0v) is 10.9. The molecule has 1 rings (SSSR count). The van der Waals surface area contributed by atoms with Crippen molar-refractivity contribution in [2.24, 2.45) is 0 Å². The maximum Gasteiger partial charge on any atom is 0.213 e. The summed E-state index contributed by atoms with van der Waals surface area (Å²) in [4.78, 5) is 0. The van der Waals surface area contributed by atoms with Gasteiger partial charge in [-0.25, -0.2) is 8.42 Å². The fourth-order valence-corrected chi connectivity index (χ4v) is 2.68. The van der Waals surface area contributed by atoms with Crippen molar-refractivity contribution in [2.45, 2.75) is 13.3 Å². The average Bonchev–Trinajstić information content (AvgIpc) is 2.35. The molecule has 0 aromatic heterocycles. The molecule has 0 saturated heterocycles. The number of benzene rings is 1. The molecule has 0 fully saturated rings. The van der Waals surface area contributed by atoms with Gasteiger partial charge >= 0.3 is 0 Å². The van der Waals surface area contributed by atoms with Crippen LogP contribution in [0, 0.1) is 0 Å². The smallest absolute Gasteiger partial charge is 0.213 e. The van der Waals surface area contributed by atoms with E-state index >= 15 is 0 Å². The van der Waals surface area contributed by atoms with Crippen molar-refractivity contribution in [3.63, 3.8) is 0 Å². The minimum absolute atomic E-state index is 0.0712. The summed E-state index contributed by atoms with van der Waals surface area (Å²) < 4.78 is 24.8. The molecule has 5 heteroatoms. The summed E-state index contributed by atoms with van der Waals surface area (Å²) in [5.41, 5.74) is 1.10. The first kappa shape index (κ1) is 14.2. The number of aliphatic hydroxyl groups is 1. The van der Waals surface area contributed by atoms with Crippen molar-refractivity contribution < 1.29 is 13.5 Å². The minimum Gasteiger partial charge on any atom is -0.395 e. The van der Waals surface area contributed by atoms with E-state index in [9.17, 15) is 8.42 Å². The summed E-state index contributed by atoms with van der Waals surface area (Å²) in [6.07, 6.45) is 0.667. The van der Waals surface area contributed by atoms with Crippen LogP contribution in [0.2, 0.25) is 0 Å². The summed E-state index contributed by atoms with van der Waals surface area (Å²) in [6, 6.07) is 9.73. The van der Waals surface area contributed by atoms with Crippen LogP contribution in [-0.2, 0) is 16.4 Å². The van der Waals surface area contributed by atoms with Gasteiger partial charge in [0.25, 0.3) is 0 Å². The van der Waals surface area contributed by atoms with Crippen molar-refractivity contribution >= 4 is 10.0 Å². The first-order valence-corrected chi connectivity index (χ1v) is 7.33. The van der Waals surface area contributed by atoms with E-state index in [0.29, 0.717) is 13.0 Å². The second-order valence-electron chi connectivity index (χ2n) is 3.76. The quantitative estimate of drug-likeness (QED) is 0.788. The Morgan fingerprint density at radius 3 is 2.35 bits per heavy atom. The van der Waals surface area contributed by atoms with Gasteiger partial charge < -0.3 is 5.11 Å². The second kappa shape index (κ2) is 6.74. The minimum atomic E-state index is -3.22. The van der Waals surface area contributed by atoms with Gasteiger partial charge in [0.1, 0.15) is 0 Å². The predicted molar refractivity (Wildman–Crippen MR) is 68.3 cm³/mol. The third-order valence-electron chi connectivity index (χ3n) is 2.60. The van der Waals surface area contributed by atoms with Gasteiger partial charge in [-0.1, -0.05) is 30.3 Å². The average molecular weight is 257 g/mol. The molecule has 0 aliphatic carbocycles. The topological polar surface area (TPSA) is 57.6 Å². The summed E-state index contributed by atoms with van der Waals surface area (Å²) in [5.74, 6) is 0.0712. The van der Waals surface area contributed by atoms with E-state index in [1.807, 2.05) is 30.3 Å². The lowest BCUT2D eigenvalue weighted by molar-refractivity contribution is 0.254. The van der Waals surface area contributed by atoms with E-state index in [4.69, 9.17) is 5.11 Å². The molecule has 4 nitrogen and oxygen atoms in total. The fourth-order valence-electron chi connectivity index (χ4n) is 1.58. The van der Waals surface area contributed by atoms with Crippen LogP contribution in [0.4, 0.5) is 0 Å². The summed E-state index contributed by atoms with van der Waals surface area (Å²) in [5, 5.41) is 8.89. The molecule has 0 aliphatic heterocycles. The molecule has 1 aromatic rings. The number of rotatable bonds is 7. The number of sulfonamides is 1. The molecule has 1 N–H and O–H groups in total. The highest BCUT2D eigenvalue weighted by Gasteiger charge is 2.18. The maximum absolute atomic E-state index is 11.7. The van der Waals surface area contributed by atoms with E-state index in [2.05, 4.69) is 0 Å². The number of hydrogen-bond donors (Lipinski definition) is 1. The van der Waals surface area contributed by atoms with Crippen LogP contribution < -0.4 is 0 Å². The Balaban J connectivity index is 2.63. The second-order valence-corrected chi connectivity index (χ2v) is 6.02. The van der Waals surface area contributed by atoms with Gasteiger partial charge in [0.2, 0.25) is 10.0 Å². The van der Waals surface area contributed by atoms with Gasteiger partial charge in [0.05, 0.1) is 12.4 Å². The molecule has 0 spiro atoms. The van der Waals surface area contributed by atoms with E-state index in [1.54, 1.807) is 6.92 Å². The zero-order chi connectivity index (χ0) is 12.7. The Morgan fingerprint density at radius 1 is 1.18 bits per heavy atom. The molecule has 17 heavy (non-hydrogen) atoms. The van der Waals surface area contributed by atoms with Crippen molar-refractivity contribution in [2.75, 3.05) is 25.4 Å². The van der Waals surface area contributed by atoms with Crippen LogP contribution in [0.5, 0.6) is 0 Å². The molecule has 0 amide bonds. The van der Waals surface area contributed by atoms with E-state index in [0.717, 1.165) is 5.56 Å². The molecule has 96 valence electrons. The third-order valence-corrected chi connectivity index (χ3v) is 4.48. The highest BCUT2D eigenvalue weighted by molar-refractivity contribution is 7.89. The van der Waals surface area contributed by atoms with Crippen LogP contribution in [0.3, 0.4) is 0 Å². The molecule has 0 bridgehead atoms. The maximum atomic E-state index is 11.7. The molecule has 1 aromatic carbocycles. The zero-order valence-electron chi connectivity index (χ0n) is 10.0. The Hall–Kier alpha value is -0.910. The lowest BCUT2D eigenvalue weighted by Crippen LogP contribution is -2.36. The highest BCUT2D eigenvalue weighted by atomic mass is 32.2. The SMILES string of the molecule is CCS(=O)(=O)N(CCO)CCc1ccccc1. The highest BCUT2D eigenvalue weighted by Crippen LogP contribution is 2.05. The standard InChI is InChI=1S/C12H19NO3S/c1-2-17(15,16)13(10-11-14)9-8-12-6-4-3-5-7-12/h3-7,14H,2,8-11H2,1H3. The van der Waals surface area contributed by atoms with Crippen LogP contribution in [0.15, 0.2) is 30.3 Å². The molecule has 0 radical (unpaired) electrons. The number of aliphatic hydroxyl groups excluding tert-OH is 1. The third kappa shape index (κ3) is 4.46. The Morgan fingerprint density at radius 2 is 1.82 bits per heavy atom. The van der Waals surface area contributed by atoms with E-state index < -0.39 is 10.0 Å². The monoisotopic (exact) mass is 257 g/mol. The van der Waals surface area contributed by atoms with E-state index in [-0.39, 0.29) is 18.9 Å². The summed E-state index contributed by atoms with van der Waals surface area (Å²) in [7, 11) is -3.22. The van der Waals surface area contributed by atoms with Crippen LogP contribution >= 0.6 is 0 Å². The Bertz CT molecular complexity index is 417. The molecule has 0 saturated carbocycles. The lowest BCUT2D eigenvalue weighted by atomic mass is 10.1. The molecular weight excluding hydrogens is 238 g/mol. The van der Waals surface area contributed by atoms with Gasteiger partial charge in [0, 0.05) is 13.1 Å². The molecule has 0 heterocycles. The van der Waals surface area contributed by atoms with Crippen LogP contribution in [-0.4, -0.2) is 43.3 Å². The molecule has 0 unspecified atom stereocenters. The first-order chi connectivity index (χ1) is 8.10. The summed E-state index contributed by atoms with van der Waals surface area (Å²) >= 11 is 0. The number of hydrogen-bond acceptors (Lipinski definition) is 3. The Kier molecular flexibility index (Phi) is 5.61. The Labute approximate surface area is 103 Å². The predicted octanol–water partition coefficient (Wildman–Crippen LogP) is 0.873. The van der Waals surface area contributed by atoms with Crippen molar-refractivity contribution in [1.82, 2.24) is 4.31 Å². The largest absolute Gasteiger partial charge is 0.395 e. The van der Waals surface area contributed by atoms with Gasteiger partial charge in [-0.2, -0.15) is 4.31 Å².